The molecule has 0 aliphatic carbocycles. The number of para-hydroxylation sites is 1. The summed E-state index contributed by atoms with van der Waals surface area (Å²) in [7, 11) is 0. The molecule has 1 N–H and O–H groups in total. The van der Waals surface area contributed by atoms with Crippen LogP contribution in [0.25, 0.3) is 10.9 Å². The number of halogens is 3. The van der Waals surface area contributed by atoms with Crippen LogP contribution < -0.4 is 10.2 Å². The highest BCUT2D eigenvalue weighted by Crippen LogP contribution is 2.32. The first-order valence-electron chi connectivity index (χ1n) is 8.47. The minimum absolute atomic E-state index is 0.296. The van der Waals surface area contributed by atoms with E-state index in [-0.39, 0.29) is 0 Å². The van der Waals surface area contributed by atoms with E-state index in [0.717, 1.165) is 54.8 Å². The fourth-order valence-corrected chi connectivity index (χ4v) is 3.19. The third kappa shape index (κ3) is 3.29. The molecule has 3 aromatic rings. The van der Waals surface area contributed by atoms with Crippen molar-refractivity contribution in [3.63, 3.8) is 0 Å². The third-order valence-electron chi connectivity index (χ3n) is 4.43. The monoisotopic (exact) mass is 358 g/mol. The number of fused-ring (bicyclic) bond motifs is 1. The Morgan fingerprint density at radius 3 is 2.46 bits per heavy atom. The van der Waals surface area contributed by atoms with Crippen LogP contribution in [0.15, 0.2) is 48.5 Å². The summed E-state index contributed by atoms with van der Waals surface area (Å²) in [5.74, 6) is 1.12. The van der Waals surface area contributed by atoms with Crippen LogP contribution in [0.4, 0.5) is 30.6 Å². The lowest BCUT2D eigenvalue weighted by Crippen LogP contribution is -2.20. The zero-order valence-corrected chi connectivity index (χ0v) is 13.9. The van der Waals surface area contributed by atoms with Crippen molar-refractivity contribution in [2.24, 2.45) is 0 Å². The van der Waals surface area contributed by atoms with Crippen molar-refractivity contribution >= 4 is 28.4 Å². The summed E-state index contributed by atoms with van der Waals surface area (Å²) in [5, 5.41) is 3.87. The van der Waals surface area contributed by atoms with E-state index < -0.39 is 11.7 Å². The predicted octanol–water partition coefficient (Wildman–Crippen LogP) is 4.99. The number of nitrogens with one attached hydrogen (secondary N) is 1. The van der Waals surface area contributed by atoms with Gasteiger partial charge in [-0.05, 0) is 43.2 Å². The summed E-state index contributed by atoms with van der Waals surface area (Å²) in [6, 6.07) is 12.7. The van der Waals surface area contributed by atoms with Gasteiger partial charge < -0.3 is 10.2 Å². The van der Waals surface area contributed by atoms with Crippen molar-refractivity contribution in [2.45, 2.75) is 19.0 Å². The number of aromatic nitrogens is 2. The number of alkyl halides is 3. The van der Waals surface area contributed by atoms with Crippen LogP contribution in [-0.2, 0) is 6.18 Å². The number of hydrogen-bond acceptors (Lipinski definition) is 4. The van der Waals surface area contributed by atoms with Gasteiger partial charge in [0.25, 0.3) is 0 Å². The van der Waals surface area contributed by atoms with Crippen molar-refractivity contribution in [2.75, 3.05) is 23.3 Å². The van der Waals surface area contributed by atoms with Gasteiger partial charge in [0, 0.05) is 24.2 Å². The van der Waals surface area contributed by atoms with E-state index in [1.807, 2.05) is 24.3 Å². The van der Waals surface area contributed by atoms with Crippen LogP contribution in [0.1, 0.15) is 18.4 Å². The average molecular weight is 358 g/mol. The summed E-state index contributed by atoms with van der Waals surface area (Å²) in [6.45, 7) is 1.84. The second-order valence-electron chi connectivity index (χ2n) is 6.29. The predicted molar refractivity (Wildman–Crippen MR) is 95.7 cm³/mol. The molecule has 0 amide bonds. The molecule has 0 saturated carbocycles. The molecule has 7 heteroatoms. The summed E-state index contributed by atoms with van der Waals surface area (Å²) < 4.78 is 38.8. The highest BCUT2D eigenvalue weighted by atomic mass is 19.4. The molecular weight excluding hydrogens is 341 g/mol. The van der Waals surface area contributed by atoms with Gasteiger partial charge in [-0.15, -0.1) is 0 Å². The van der Waals surface area contributed by atoms with Crippen molar-refractivity contribution in [1.29, 1.82) is 0 Å². The maximum atomic E-state index is 12.9. The third-order valence-corrected chi connectivity index (χ3v) is 4.43. The SMILES string of the molecule is FC(F)(F)c1cccc(Nc2nc(N3CCCC3)c3ccccc3n2)c1. The Balaban J connectivity index is 1.73. The Bertz CT molecular complexity index is 933. The molecule has 0 spiro atoms. The van der Waals surface area contributed by atoms with E-state index in [4.69, 9.17) is 0 Å². The second kappa shape index (κ2) is 6.48. The molecule has 1 aliphatic rings. The van der Waals surface area contributed by atoms with E-state index in [1.165, 1.54) is 6.07 Å². The highest BCUT2D eigenvalue weighted by Gasteiger charge is 2.30. The number of anilines is 3. The highest BCUT2D eigenvalue weighted by molar-refractivity contribution is 5.90. The molecule has 1 aliphatic heterocycles. The molecule has 0 bridgehead atoms. The number of hydrogen-bond donors (Lipinski definition) is 1. The molecule has 4 rings (SSSR count). The Hall–Kier alpha value is -2.83. The van der Waals surface area contributed by atoms with Gasteiger partial charge in [0.1, 0.15) is 5.82 Å². The standard InChI is InChI=1S/C19H17F3N4/c20-19(21,22)13-6-5-7-14(12-13)23-18-24-16-9-2-1-8-15(16)17(25-18)26-10-3-4-11-26/h1-2,5-9,12H,3-4,10-11H2,(H,23,24,25). The van der Waals surface area contributed by atoms with E-state index in [9.17, 15) is 13.2 Å². The lowest BCUT2D eigenvalue weighted by atomic mass is 10.2. The Morgan fingerprint density at radius 2 is 1.69 bits per heavy atom. The van der Waals surface area contributed by atoms with E-state index in [1.54, 1.807) is 6.07 Å². The number of rotatable bonds is 3. The van der Waals surface area contributed by atoms with Gasteiger partial charge in [-0.1, -0.05) is 18.2 Å². The van der Waals surface area contributed by atoms with E-state index in [0.29, 0.717) is 11.6 Å². The van der Waals surface area contributed by atoms with Crippen LogP contribution in [0.5, 0.6) is 0 Å². The maximum Gasteiger partial charge on any atom is 0.416 e. The van der Waals surface area contributed by atoms with Crippen LogP contribution in [0, 0.1) is 0 Å². The van der Waals surface area contributed by atoms with Crippen molar-refractivity contribution in [3.05, 3.63) is 54.1 Å². The molecule has 0 atom stereocenters. The summed E-state index contributed by atoms with van der Waals surface area (Å²) in [5.41, 5.74) is 0.365. The first-order chi connectivity index (χ1) is 12.5. The van der Waals surface area contributed by atoms with Gasteiger partial charge in [0.15, 0.2) is 0 Å². The minimum Gasteiger partial charge on any atom is -0.356 e. The zero-order valence-electron chi connectivity index (χ0n) is 13.9. The molecule has 0 radical (unpaired) electrons. The summed E-state index contributed by atoms with van der Waals surface area (Å²) in [6.07, 6.45) is -2.17. The van der Waals surface area contributed by atoms with Crippen LogP contribution >= 0.6 is 0 Å². The first kappa shape index (κ1) is 16.6. The van der Waals surface area contributed by atoms with Gasteiger partial charge in [0.2, 0.25) is 5.95 Å². The Kier molecular flexibility index (Phi) is 4.14. The largest absolute Gasteiger partial charge is 0.416 e. The number of nitrogens with zero attached hydrogens (tertiary/aromatic N) is 3. The average Bonchev–Trinajstić information content (AvgIpc) is 3.15. The second-order valence-corrected chi connectivity index (χ2v) is 6.29. The molecule has 4 nitrogen and oxygen atoms in total. The van der Waals surface area contributed by atoms with Crippen LogP contribution in [-0.4, -0.2) is 23.1 Å². The van der Waals surface area contributed by atoms with Gasteiger partial charge in [-0.3, -0.25) is 0 Å². The Labute approximate surface area is 148 Å². The molecule has 134 valence electrons. The Morgan fingerprint density at radius 1 is 0.923 bits per heavy atom. The van der Waals surface area contributed by atoms with Crippen molar-refractivity contribution < 1.29 is 13.2 Å². The molecular formula is C19H17F3N4. The molecule has 1 fully saturated rings. The zero-order chi connectivity index (χ0) is 18.1. The lowest BCUT2D eigenvalue weighted by Gasteiger charge is -2.19. The molecule has 1 saturated heterocycles. The normalized spacial score (nSPS) is 14.8. The molecule has 26 heavy (non-hydrogen) atoms. The molecule has 2 aromatic carbocycles. The van der Waals surface area contributed by atoms with Crippen LogP contribution in [0.3, 0.4) is 0 Å². The minimum atomic E-state index is -4.39. The summed E-state index contributed by atoms with van der Waals surface area (Å²) >= 11 is 0. The van der Waals surface area contributed by atoms with Gasteiger partial charge in [-0.2, -0.15) is 18.2 Å². The lowest BCUT2D eigenvalue weighted by molar-refractivity contribution is -0.137. The van der Waals surface area contributed by atoms with Gasteiger partial charge in [0.05, 0.1) is 11.1 Å². The fraction of sp³-hybridized carbons (Fsp3) is 0.263. The van der Waals surface area contributed by atoms with Gasteiger partial charge in [-0.25, -0.2) is 4.98 Å². The quantitative estimate of drug-likeness (QED) is 0.716. The number of benzene rings is 2. The fourth-order valence-electron chi connectivity index (χ4n) is 3.19. The molecule has 2 heterocycles. The molecule has 1 aromatic heterocycles. The van der Waals surface area contributed by atoms with E-state index in [2.05, 4.69) is 20.2 Å². The first-order valence-corrected chi connectivity index (χ1v) is 8.47. The topological polar surface area (TPSA) is 41.1 Å². The van der Waals surface area contributed by atoms with Crippen LogP contribution in [0.2, 0.25) is 0 Å². The van der Waals surface area contributed by atoms with Crippen molar-refractivity contribution in [1.82, 2.24) is 9.97 Å². The van der Waals surface area contributed by atoms with E-state index >= 15 is 0 Å². The summed E-state index contributed by atoms with van der Waals surface area (Å²) in [4.78, 5) is 11.3. The van der Waals surface area contributed by atoms with Gasteiger partial charge >= 0.3 is 6.18 Å². The maximum absolute atomic E-state index is 12.9. The smallest absolute Gasteiger partial charge is 0.356 e. The van der Waals surface area contributed by atoms with Crippen molar-refractivity contribution in [3.8, 4) is 0 Å². The molecule has 0 unspecified atom stereocenters.